The van der Waals surface area contributed by atoms with Gasteiger partial charge in [-0.3, -0.25) is 4.79 Å². The lowest BCUT2D eigenvalue weighted by Crippen LogP contribution is -2.20. The molecule has 1 amide bonds. The van der Waals surface area contributed by atoms with E-state index in [-0.39, 0.29) is 24.9 Å². The van der Waals surface area contributed by atoms with Crippen molar-refractivity contribution in [3.63, 3.8) is 0 Å². The van der Waals surface area contributed by atoms with E-state index in [9.17, 15) is 9.18 Å². The van der Waals surface area contributed by atoms with E-state index >= 15 is 0 Å². The lowest BCUT2D eigenvalue weighted by atomic mass is 10.3. The molecule has 0 bridgehead atoms. The van der Waals surface area contributed by atoms with Crippen LogP contribution in [-0.2, 0) is 17.9 Å². The number of fused-ring (bicyclic) bond motifs is 1. The first kappa shape index (κ1) is 19.4. The molecule has 0 unspecified atom stereocenters. The van der Waals surface area contributed by atoms with Crippen LogP contribution in [0.15, 0.2) is 72.8 Å². The van der Waals surface area contributed by atoms with Gasteiger partial charge in [0, 0.05) is 5.69 Å². The molecule has 1 aromatic heterocycles. The highest BCUT2D eigenvalue weighted by molar-refractivity contribution is 5.91. The van der Waals surface area contributed by atoms with E-state index in [4.69, 9.17) is 9.47 Å². The molecule has 30 heavy (non-hydrogen) atoms. The standard InChI is InChI=1S/C23H20FN3O3/c1-29-20-8-4-5-9-21(20)30-15-22-26-18-6-2-3-7-19(18)27(22)14-23(28)25-17-12-10-16(24)11-13-17/h2-13H,14-15H2,1H3,(H,25,28). The minimum Gasteiger partial charge on any atom is -0.493 e. The monoisotopic (exact) mass is 405 g/mol. The zero-order valence-corrected chi connectivity index (χ0v) is 16.3. The summed E-state index contributed by atoms with van der Waals surface area (Å²) in [4.78, 5) is 17.2. The Hall–Kier alpha value is -3.87. The second kappa shape index (κ2) is 8.65. The molecule has 0 aliphatic heterocycles. The second-order valence-corrected chi connectivity index (χ2v) is 6.60. The van der Waals surface area contributed by atoms with Gasteiger partial charge in [-0.05, 0) is 48.5 Å². The highest BCUT2D eigenvalue weighted by atomic mass is 19.1. The molecule has 0 aliphatic carbocycles. The number of benzene rings is 3. The van der Waals surface area contributed by atoms with E-state index in [0.29, 0.717) is 23.0 Å². The van der Waals surface area contributed by atoms with E-state index in [1.54, 1.807) is 7.11 Å². The Balaban J connectivity index is 1.57. The van der Waals surface area contributed by atoms with Crippen molar-refractivity contribution in [2.24, 2.45) is 0 Å². The van der Waals surface area contributed by atoms with Crippen molar-refractivity contribution in [2.45, 2.75) is 13.2 Å². The summed E-state index contributed by atoms with van der Waals surface area (Å²) in [6, 6.07) is 20.6. The Labute approximate surface area is 172 Å². The van der Waals surface area contributed by atoms with Crippen LogP contribution < -0.4 is 14.8 Å². The van der Waals surface area contributed by atoms with Crippen molar-refractivity contribution >= 4 is 22.6 Å². The van der Waals surface area contributed by atoms with Crippen LogP contribution >= 0.6 is 0 Å². The fourth-order valence-electron chi connectivity index (χ4n) is 3.17. The molecule has 0 aliphatic rings. The van der Waals surface area contributed by atoms with E-state index in [1.807, 2.05) is 53.1 Å². The maximum Gasteiger partial charge on any atom is 0.244 e. The Bertz CT molecular complexity index is 1170. The van der Waals surface area contributed by atoms with Crippen molar-refractivity contribution < 1.29 is 18.7 Å². The van der Waals surface area contributed by atoms with Gasteiger partial charge >= 0.3 is 0 Å². The molecule has 7 heteroatoms. The van der Waals surface area contributed by atoms with Crippen LogP contribution in [0.5, 0.6) is 11.5 Å². The molecule has 4 aromatic rings. The van der Waals surface area contributed by atoms with Crippen LogP contribution in [-0.4, -0.2) is 22.6 Å². The minimum absolute atomic E-state index is 0.0442. The highest BCUT2D eigenvalue weighted by Crippen LogP contribution is 2.27. The van der Waals surface area contributed by atoms with E-state index in [1.165, 1.54) is 24.3 Å². The minimum atomic E-state index is -0.357. The topological polar surface area (TPSA) is 65.4 Å². The highest BCUT2D eigenvalue weighted by Gasteiger charge is 2.15. The number of carbonyl (C=O) groups excluding carboxylic acids is 1. The first-order valence-corrected chi connectivity index (χ1v) is 9.39. The number of hydrogen-bond acceptors (Lipinski definition) is 4. The van der Waals surface area contributed by atoms with Crippen molar-refractivity contribution in [1.82, 2.24) is 9.55 Å². The van der Waals surface area contributed by atoms with Crippen molar-refractivity contribution in [1.29, 1.82) is 0 Å². The number of amides is 1. The lowest BCUT2D eigenvalue weighted by molar-refractivity contribution is -0.116. The normalized spacial score (nSPS) is 10.7. The van der Waals surface area contributed by atoms with Crippen molar-refractivity contribution in [3.05, 3.63) is 84.4 Å². The summed E-state index contributed by atoms with van der Waals surface area (Å²) < 4.78 is 26.1. The van der Waals surface area contributed by atoms with Crippen LogP contribution in [0.4, 0.5) is 10.1 Å². The molecule has 6 nitrogen and oxygen atoms in total. The molecule has 0 spiro atoms. The number of carbonyl (C=O) groups is 1. The van der Waals surface area contributed by atoms with Gasteiger partial charge in [-0.2, -0.15) is 0 Å². The molecule has 0 saturated carbocycles. The van der Waals surface area contributed by atoms with Gasteiger partial charge in [0.05, 0.1) is 18.1 Å². The second-order valence-electron chi connectivity index (χ2n) is 6.60. The Morgan fingerprint density at radius 1 is 1.00 bits per heavy atom. The molecule has 0 saturated heterocycles. The molecule has 1 N–H and O–H groups in total. The number of hydrogen-bond donors (Lipinski definition) is 1. The average molecular weight is 405 g/mol. The fraction of sp³-hybridized carbons (Fsp3) is 0.130. The largest absolute Gasteiger partial charge is 0.493 e. The summed E-state index contributed by atoms with van der Waals surface area (Å²) in [6.45, 7) is 0.210. The van der Waals surface area contributed by atoms with Crippen LogP contribution in [0, 0.1) is 5.82 Å². The Morgan fingerprint density at radius 3 is 2.47 bits per heavy atom. The van der Waals surface area contributed by atoms with Gasteiger partial charge in [-0.15, -0.1) is 0 Å². The summed E-state index contributed by atoms with van der Waals surface area (Å²) in [5, 5.41) is 2.78. The predicted octanol–water partition coefficient (Wildman–Crippen LogP) is 4.40. The van der Waals surface area contributed by atoms with Crippen molar-refractivity contribution in [2.75, 3.05) is 12.4 Å². The molecule has 4 rings (SSSR count). The number of imidazole rings is 1. The number of para-hydroxylation sites is 4. The first-order valence-electron chi connectivity index (χ1n) is 9.39. The van der Waals surface area contributed by atoms with Gasteiger partial charge in [-0.25, -0.2) is 9.37 Å². The maximum absolute atomic E-state index is 13.1. The first-order chi connectivity index (χ1) is 14.6. The number of methoxy groups -OCH3 is 1. The van der Waals surface area contributed by atoms with Gasteiger partial charge in [0.2, 0.25) is 5.91 Å². The number of halogens is 1. The number of rotatable bonds is 7. The van der Waals surface area contributed by atoms with E-state index < -0.39 is 0 Å². The zero-order chi connectivity index (χ0) is 20.9. The summed E-state index contributed by atoms with van der Waals surface area (Å²) >= 11 is 0. The van der Waals surface area contributed by atoms with Crippen LogP contribution in [0.25, 0.3) is 11.0 Å². The average Bonchev–Trinajstić information content (AvgIpc) is 3.11. The van der Waals surface area contributed by atoms with Gasteiger partial charge in [0.25, 0.3) is 0 Å². The molecule has 3 aromatic carbocycles. The summed E-state index contributed by atoms with van der Waals surface area (Å²) in [5.74, 6) is 1.22. The smallest absolute Gasteiger partial charge is 0.244 e. The molecule has 1 heterocycles. The fourth-order valence-corrected chi connectivity index (χ4v) is 3.17. The number of nitrogens with zero attached hydrogens (tertiary/aromatic N) is 2. The number of anilines is 1. The van der Waals surface area contributed by atoms with E-state index in [2.05, 4.69) is 10.3 Å². The number of nitrogens with one attached hydrogen (secondary N) is 1. The summed E-state index contributed by atoms with van der Waals surface area (Å²) in [7, 11) is 1.58. The van der Waals surface area contributed by atoms with Gasteiger partial charge in [-0.1, -0.05) is 24.3 Å². The van der Waals surface area contributed by atoms with Crippen LogP contribution in [0.3, 0.4) is 0 Å². The Kier molecular flexibility index (Phi) is 5.61. The third kappa shape index (κ3) is 4.25. The third-order valence-electron chi connectivity index (χ3n) is 4.59. The van der Waals surface area contributed by atoms with E-state index in [0.717, 1.165) is 11.0 Å². The Morgan fingerprint density at radius 2 is 1.70 bits per heavy atom. The number of aromatic nitrogens is 2. The summed E-state index contributed by atoms with van der Waals surface area (Å²) in [6.07, 6.45) is 0. The molecule has 0 atom stereocenters. The quantitative estimate of drug-likeness (QED) is 0.495. The van der Waals surface area contributed by atoms with Gasteiger partial charge in [0.15, 0.2) is 11.5 Å². The number of ether oxygens (including phenoxy) is 2. The lowest BCUT2D eigenvalue weighted by Gasteiger charge is -2.12. The predicted molar refractivity (Wildman–Crippen MR) is 112 cm³/mol. The van der Waals surface area contributed by atoms with Gasteiger partial charge < -0.3 is 19.4 Å². The third-order valence-corrected chi connectivity index (χ3v) is 4.59. The van der Waals surface area contributed by atoms with Crippen LogP contribution in [0.1, 0.15) is 5.82 Å². The SMILES string of the molecule is COc1ccccc1OCc1nc2ccccc2n1CC(=O)Nc1ccc(F)cc1. The molecule has 0 fully saturated rings. The summed E-state index contributed by atoms with van der Waals surface area (Å²) in [5.41, 5.74) is 2.12. The van der Waals surface area contributed by atoms with Gasteiger partial charge in [0.1, 0.15) is 24.8 Å². The maximum atomic E-state index is 13.1. The molecular formula is C23H20FN3O3. The zero-order valence-electron chi connectivity index (χ0n) is 16.3. The molecule has 0 radical (unpaired) electrons. The van der Waals surface area contributed by atoms with Crippen molar-refractivity contribution in [3.8, 4) is 11.5 Å². The van der Waals surface area contributed by atoms with Crippen LogP contribution in [0.2, 0.25) is 0 Å². The molecular weight excluding hydrogens is 385 g/mol. The molecule has 152 valence electrons.